The number of hydrogen-bond acceptors (Lipinski definition) is 14. The number of carbonyl (C=O) groups excluding carboxylic acids is 3. The van der Waals surface area contributed by atoms with Gasteiger partial charge in [-0.25, -0.2) is 19.4 Å². The predicted molar refractivity (Wildman–Crippen MR) is 202 cm³/mol. The van der Waals surface area contributed by atoms with Gasteiger partial charge in [0.05, 0.1) is 88.3 Å². The van der Waals surface area contributed by atoms with Gasteiger partial charge in [0.15, 0.2) is 5.60 Å². The normalized spacial score (nSPS) is 15.4. The van der Waals surface area contributed by atoms with Crippen molar-refractivity contribution in [3.8, 4) is 17.1 Å². The van der Waals surface area contributed by atoms with Gasteiger partial charge >= 0.3 is 24.1 Å². The smallest absolute Gasteiger partial charge is 0.412 e. The number of benzene rings is 1. The molecule has 0 saturated carbocycles. The fourth-order valence-electron chi connectivity index (χ4n) is 6.32. The number of carboxylic acids is 1. The molecule has 2 aliphatic rings. The van der Waals surface area contributed by atoms with Crippen LogP contribution in [0, 0.1) is 0 Å². The summed E-state index contributed by atoms with van der Waals surface area (Å²) < 4.78 is 38.4. The summed E-state index contributed by atoms with van der Waals surface area (Å²) in [5.74, 6) is -1.34. The maximum absolute atomic E-state index is 13.4. The van der Waals surface area contributed by atoms with E-state index >= 15 is 0 Å². The molecule has 0 fully saturated rings. The lowest BCUT2D eigenvalue weighted by molar-refractivity contribution is -0.172. The molecule has 5 rings (SSSR count). The summed E-state index contributed by atoms with van der Waals surface area (Å²) in [6, 6.07) is 8.62. The summed E-state index contributed by atoms with van der Waals surface area (Å²) in [6.45, 7) is 5.28. The van der Waals surface area contributed by atoms with E-state index in [1.165, 1.54) is 0 Å². The molecule has 1 aromatic carbocycles. The summed E-state index contributed by atoms with van der Waals surface area (Å²) in [6.07, 6.45) is 2.08. The number of pyridine rings is 2. The van der Waals surface area contributed by atoms with Crippen molar-refractivity contribution >= 4 is 35.0 Å². The van der Waals surface area contributed by atoms with E-state index in [0.717, 1.165) is 36.6 Å². The van der Waals surface area contributed by atoms with Gasteiger partial charge in [-0.2, -0.15) is 0 Å². The number of hydrogen-bond donors (Lipinski definition) is 4. The van der Waals surface area contributed by atoms with Gasteiger partial charge in [-0.05, 0) is 49.6 Å². The lowest BCUT2D eigenvalue weighted by atomic mass is 9.86. The topological polar surface area (TPSA) is 232 Å². The van der Waals surface area contributed by atoms with E-state index in [2.05, 4.69) is 10.6 Å². The van der Waals surface area contributed by atoms with Crippen LogP contribution >= 0.6 is 0 Å². The van der Waals surface area contributed by atoms with Gasteiger partial charge in [0.25, 0.3) is 5.56 Å². The highest BCUT2D eigenvalue weighted by atomic mass is 16.6. The van der Waals surface area contributed by atoms with Crippen LogP contribution in [0.5, 0.6) is 5.75 Å². The first-order valence-corrected chi connectivity index (χ1v) is 19.1. The van der Waals surface area contributed by atoms with Crippen molar-refractivity contribution in [2.75, 3.05) is 72.6 Å². The van der Waals surface area contributed by atoms with Crippen molar-refractivity contribution in [2.24, 2.45) is 0 Å². The van der Waals surface area contributed by atoms with Crippen LogP contribution in [0.15, 0.2) is 35.1 Å². The molecule has 2 aromatic heterocycles. The lowest BCUT2D eigenvalue weighted by Gasteiger charge is -2.31. The van der Waals surface area contributed by atoms with Gasteiger partial charge in [-0.3, -0.25) is 9.59 Å². The number of aliphatic carboxylic acids is 1. The predicted octanol–water partition coefficient (Wildman–Crippen LogP) is 3.00. The lowest BCUT2D eigenvalue weighted by Crippen LogP contribution is -2.44. The number of unbranched alkanes of at least 4 members (excludes halogenated alkanes) is 3. The largest absolute Gasteiger partial charge is 0.481 e. The minimum atomic E-state index is -1.90. The van der Waals surface area contributed by atoms with Crippen LogP contribution in [0.25, 0.3) is 22.3 Å². The summed E-state index contributed by atoms with van der Waals surface area (Å²) in [5, 5.41) is 25.7. The van der Waals surface area contributed by atoms with Crippen molar-refractivity contribution in [2.45, 2.75) is 64.2 Å². The zero-order chi connectivity index (χ0) is 40.6. The third-order valence-electron chi connectivity index (χ3n) is 9.37. The first-order valence-electron chi connectivity index (χ1n) is 19.1. The van der Waals surface area contributed by atoms with Gasteiger partial charge in [0.1, 0.15) is 19.0 Å². The Bertz CT molecular complexity index is 1930. The van der Waals surface area contributed by atoms with E-state index in [1.807, 2.05) is 6.07 Å². The Hall–Kier alpha value is -5.14. The van der Waals surface area contributed by atoms with Gasteiger partial charge in [-0.15, -0.1) is 0 Å². The number of ether oxygens (including phenoxy) is 7. The monoisotopic (exact) mass is 798 g/mol. The molecule has 0 unspecified atom stereocenters. The second kappa shape index (κ2) is 21.4. The van der Waals surface area contributed by atoms with Crippen LogP contribution in [0.1, 0.15) is 62.1 Å². The molecule has 2 aliphatic heterocycles. The Balaban J connectivity index is 0.895. The maximum Gasteiger partial charge on any atom is 0.412 e. The fraction of sp³-hybridized carbons (Fsp3) is 0.538. The van der Waals surface area contributed by atoms with E-state index < -0.39 is 29.7 Å². The average Bonchev–Trinajstić information content (AvgIpc) is 3.55. The minimum absolute atomic E-state index is 0.0340. The quantitative estimate of drug-likeness (QED) is 0.0590. The molecule has 0 aliphatic carbocycles. The number of esters is 1. The highest BCUT2D eigenvalue weighted by molar-refractivity contribution is 5.87. The number of carboxylic acid groups (broad SMARTS) is 1. The van der Waals surface area contributed by atoms with Gasteiger partial charge in [0, 0.05) is 29.6 Å². The van der Waals surface area contributed by atoms with Crippen LogP contribution < -0.4 is 20.9 Å². The molecule has 3 aromatic rings. The molecule has 57 heavy (non-hydrogen) atoms. The summed E-state index contributed by atoms with van der Waals surface area (Å²) in [5.41, 5.74) is 0.785. The molecule has 0 radical (unpaired) electrons. The highest BCUT2D eigenvalue weighted by Gasteiger charge is 2.45. The molecule has 18 heteroatoms. The Morgan fingerprint density at radius 1 is 0.842 bits per heavy atom. The first-order chi connectivity index (χ1) is 27.6. The SMILES string of the molecule is CC[C@@]1(O)C(=O)OCc2c1cc1n(c2=O)Cc2cc3cc(OC(=O)NCCCCCCNC(=O)OCCOCCOCCOCCOCCC(=O)O)ccc3nc2-1. The van der Waals surface area contributed by atoms with E-state index in [0.29, 0.717) is 75.4 Å². The number of carbonyl (C=O) groups is 4. The molecule has 0 spiro atoms. The third-order valence-corrected chi connectivity index (χ3v) is 9.37. The molecular weight excluding hydrogens is 748 g/mol. The van der Waals surface area contributed by atoms with Crippen molar-refractivity contribution in [1.29, 1.82) is 0 Å². The number of amides is 2. The molecular formula is C39H50N4O14. The van der Waals surface area contributed by atoms with Gasteiger partial charge in [-0.1, -0.05) is 19.8 Å². The van der Waals surface area contributed by atoms with Crippen LogP contribution in [-0.2, 0) is 56.8 Å². The highest BCUT2D eigenvalue weighted by Crippen LogP contribution is 2.39. The number of aromatic nitrogens is 2. The second-order valence-corrected chi connectivity index (χ2v) is 13.3. The van der Waals surface area contributed by atoms with E-state index in [9.17, 15) is 29.1 Å². The van der Waals surface area contributed by atoms with Crippen molar-refractivity contribution in [1.82, 2.24) is 20.2 Å². The molecule has 4 heterocycles. The molecule has 0 bridgehead atoms. The standard InChI is InChI=1S/C39H50N4O14/c1-2-39(50)30-23-32-34-27(24-43(32)35(46)29(30)25-56-36(39)47)21-26-22-28(7-8-31(26)42-34)57-38(49)41-11-6-4-3-5-10-40-37(48)55-20-19-54-18-17-53-16-15-52-14-13-51-12-9-33(44)45/h7-8,21-23,50H,2-6,9-20,24-25H2,1H3,(H,40,48)(H,41,49)(H,44,45)/t39-/m0/s1. The van der Waals surface area contributed by atoms with Crippen LogP contribution in [0.3, 0.4) is 0 Å². The number of rotatable bonds is 24. The Kier molecular flexibility index (Phi) is 16.1. The fourth-order valence-corrected chi connectivity index (χ4v) is 6.32. The van der Waals surface area contributed by atoms with Crippen LogP contribution in [0.2, 0.25) is 0 Å². The second-order valence-electron chi connectivity index (χ2n) is 13.3. The number of aliphatic hydroxyl groups is 1. The number of alkyl carbamates (subject to hydrolysis) is 1. The van der Waals surface area contributed by atoms with E-state index in [-0.39, 0.29) is 62.5 Å². The van der Waals surface area contributed by atoms with Gasteiger partial charge in [0.2, 0.25) is 0 Å². The Labute approximate surface area is 328 Å². The van der Waals surface area contributed by atoms with Crippen molar-refractivity contribution in [3.63, 3.8) is 0 Å². The molecule has 2 amide bonds. The summed E-state index contributed by atoms with van der Waals surface area (Å²) in [4.78, 5) is 65.3. The van der Waals surface area contributed by atoms with Crippen LogP contribution in [0.4, 0.5) is 9.59 Å². The zero-order valence-electron chi connectivity index (χ0n) is 32.0. The van der Waals surface area contributed by atoms with E-state index in [4.69, 9.17) is 43.2 Å². The molecule has 4 N–H and O–H groups in total. The molecule has 18 nitrogen and oxygen atoms in total. The number of cyclic esters (lactones) is 1. The summed E-state index contributed by atoms with van der Waals surface area (Å²) in [7, 11) is 0. The number of nitrogens with zero attached hydrogens (tertiary/aromatic N) is 2. The Morgan fingerprint density at radius 3 is 2.12 bits per heavy atom. The first kappa shape index (κ1) is 43.0. The minimum Gasteiger partial charge on any atom is -0.481 e. The van der Waals surface area contributed by atoms with E-state index in [1.54, 1.807) is 35.8 Å². The van der Waals surface area contributed by atoms with Gasteiger partial charge < -0.3 is 58.6 Å². The molecule has 310 valence electrons. The van der Waals surface area contributed by atoms with Crippen LogP contribution in [-0.4, -0.2) is 116 Å². The average molecular weight is 799 g/mol. The third kappa shape index (κ3) is 11.9. The molecule has 1 atom stereocenters. The number of fused-ring (bicyclic) bond motifs is 5. The number of nitrogens with one attached hydrogen (secondary N) is 2. The maximum atomic E-state index is 13.4. The molecule has 0 saturated heterocycles. The Morgan fingerprint density at radius 2 is 1.47 bits per heavy atom. The summed E-state index contributed by atoms with van der Waals surface area (Å²) >= 11 is 0. The van der Waals surface area contributed by atoms with Crippen molar-refractivity contribution in [3.05, 3.63) is 57.4 Å². The zero-order valence-corrected chi connectivity index (χ0v) is 32.0. The van der Waals surface area contributed by atoms with Crippen molar-refractivity contribution < 1.29 is 62.5 Å².